The number of hydrogen-bond donors (Lipinski definition) is 1. The third-order valence-corrected chi connectivity index (χ3v) is 4.16. The maximum atomic E-state index is 12.4. The van der Waals surface area contributed by atoms with Gasteiger partial charge in [-0.1, -0.05) is 49.2 Å². The van der Waals surface area contributed by atoms with Crippen molar-refractivity contribution in [3.05, 3.63) is 64.4 Å². The molecule has 0 aliphatic heterocycles. The van der Waals surface area contributed by atoms with Crippen LogP contribution in [-0.2, 0) is 6.54 Å². The zero-order valence-electron chi connectivity index (χ0n) is 14.5. The van der Waals surface area contributed by atoms with Crippen LogP contribution in [0.3, 0.4) is 0 Å². The zero-order chi connectivity index (χ0) is 18.2. The van der Waals surface area contributed by atoms with Crippen LogP contribution in [0.5, 0.6) is 0 Å². The fourth-order valence-electron chi connectivity index (χ4n) is 2.28. The van der Waals surface area contributed by atoms with Gasteiger partial charge in [0.05, 0.1) is 0 Å². The van der Waals surface area contributed by atoms with Gasteiger partial charge in [0.15, 0.2) is 0 Å². The van der Waals surface area contributed by atoms with Gasteiger partial charge in [0.1, 0.15) is 11.4 Å². The largest absolute Gasteiger partial charge is 0.347 e. The van der Waals surface area contributed by atoms with Crippen LogP contribution >= 0.6 is 11.6 Å². The monoisotopic (exact) mass is 359 g/mol. The highest BCUT2D eigenvalue weighted by atomic mass is 35.5. The van der Waals surface area contributed by atoms with Crippen molar-refractivity contribution in [1.82, 2.24) is 15.2 Å². The Morgan fingerprint density at radius 2 is 1.84 bits per heavy atom. The number of nitrogens with one attached hydrogen (secondary N) is 1. The lowest BCUT2D eigenvalue weighted by atomic mass is 10.2. The minimum atomic E-state index is -0.342. The molecule has 2 aromatic rings. The van der Waals surface area contributed by atoms with Gasteiger partial charge in [0.25, 0.3) is 11.8 Å². The quantitative estimate of drug-likeness (QED) is 0.822. The molecule has 0 aliphatic rings. The molecule has 5 nitrogen and oxygen atoms in total. The number of aromatic nitrogens is 1. The number of carbonyl (C=O) groups excluding carboxylic acids is 2. The second kappa shape index (κ2) is 9.18. The first-order valence-corrected chi connectivity index (χ1v) is 8.65. The number of carbonyl (C=O) groups is 2. The van der Waals surface area contributed by atoms with Gasteiger partial charge in [-0.15, -0.1) is 0 Å². The molecule has 0 spiro atoms. The Morgan fingerprint density at radius 1 is 1.12 bits per heavy atom. The molecule has 0 bridgehead atoms. The van der Waals surface area contributed by atoms with Crippen molar-refractivity contribution < 1.29 is 9.59 Å². The van der Waals surface area contributed by atoms with E-state index in [1.165, 1.54) is 0 Å². The number of hydrogen-bond acceptors (Lipinski definition) is 3. The lowest BCUT2D eigenvalue weighted by Gasteiger charge is -2.16. The van der Waals surface area contributed by atoms with Crippen molar-refractivity contribution in [2.75, 3.05) is 13.6 Å². The smallest absolute Gasteiger partial charge is 0.272 e. The Kier molecular flexibility index (Phi) is 6.95. The van der Waals surface area contributed by atoms with E-state index < -0.39 is 0 Å². The molecule has 1 heterocycles. The van der Waals surface area contributed by atoms with Crippen molar-refractivity contribution in [1.29, 1.82) is 0 Å². The van der Waals surface area contributed by atoms with E-state index in [-0.39, 0.29) is 23.2 Å². The SMILES string of the molecule is CCCCN(C)C(=O)c1cccc(C(=O)NCc2ccccc2Cl)n1. The molecule has 2 amide bonds. The van der Waals surface area contributed by atoms with Crippen molar-refractivity contribution in [2.24, 2.45) is 0 Å². The standard InChI is InChI=1S/C19H22ClN3O2/c1-3-4-12-23(2)19(25)17-11-7-10-16(22-17)18(24)21-13-14-8-5-6-9-15(14)20/h5-11H,3-4,12-13H2,1-2H3,(H,21,24). The summed E-state index contributed by atoms with van der Waals surface area (Å²) in [6, 6.07) is 12.2. The maximum absolute atomic E-state index is 12.4. The summed E-state index contributed by atoms with van der Waals surface area (Å²) in [6.45, 7) is 3.04. The Labute approximate surface area is 153 Å². The maximum Gasteiger partial charge on any atom is 0.272 e. The second-order valence-electron chi connectivity index (χ2n) is 5.76. The molecule has 0 unspecified atom stereocenters. The van der Waals surface area contributed by atoms with Crippen molar-refractivity contribution >= 4 is 23.4 Å². The molecule has 2 rings (SSSR count). The predicted octanol–water partition coefficient (Wildman–Crippen LogP) is 3.54. The van der Waals surface area contributed by atoms with Gasteiger partial charge < -0.3 is 10.2 Å². The predicted molar refractivity (Wildman–Crippen MR) is 98.7 cm³/mol. The summed E-state index contributed by atoms with van der Waals surface area (Å²) in [5.74, 6) is -0.528. The number of amides is 2. The summed E-state index contributed by atoms with van der Waals surface area (Å²) in [5, 5.41) is 3.37. The van der Waals surface area contributed by atoms with Gasteiger partial charge in [-0.2, -0.15) is 0 Å². The summed E-state index contributed by atoms with van der Waals surface area (Å²) in [4.78, 5) is 30.5. The van der Waals surface area contributed by atoms with Gasteiger partial charge in [-0.05, 0) is 30.2 Å². The van der Waals surface area contributed by atoms with Gasteiger partial charge in [0.2, 0.25) is 0 Å². The molecule has 1 aromatic heterocycles. The van der Waals surface area contributed by atoms with Crippen LogP contribution in [0.15, 0.2) is 42.5 Å². The number of halogens is 1. The highest BCUT2D eigenvalue weighted by Crippen LogP contribution is 2.14. The van der Waals surface area contributed by atoms with E-state index in [2.05, 4.69) is 17.2 Å². The first kappa shape index (κ1) is 18.9. The third-order valence-electron chi connectivity index (χ3n) is 3.79. The van der Waals surface area contributed by atoms with Crippen molar-refractivity contribution in [3.8, 4) is 0 Å². The normalized spacial score (nSPS) is 10.4. The van der Waals surface area contributed by atoms with Crippen LogP contribution in [0.1, 0.15) is 46.3 Å². The lowest BCUT2D eigenvalue weighted by Crippen LogP contribution is -2.30. The average Bonchev–Trinajstić information content (AvgIpc) is 2.64. The minimum Gasteiger partial charge on any atom is -0.347 e. The molecule has 132 valence electrons. The zero-order valence-corrected chi connectivity index (χ0v) is 15.2. The van der Waals surface area contributed by atoms with Crippen LogP contribution in [0.25, 0.3) is 0 Å². The highest BCUT2D eigenvalue weighted by molar-refractivity contribution is 6.31. The van der Waals surface area contributed by atoms with E-state index in [0.29, 0.717) is 18.1 Å². The van der Waals surface area contributed by atoms with Crippen LogP contribution in [-0.4, -0.2) is 35.3 Å². The Hall–Kier alpha value is -2.40. The summed E-state index contributed by atoms with van der Waals surface area (Å²) < 4.78 is 0. The van der Waals surface area contributed by atoms with E-state index >= 15 is 0 Å². The summed E-state index contributed by atoms with van der Waals surface area (Å²) >= 11 is 6.08. The number of pyridine rings is 1. The van der Waals surface area contributed by atoms with E-state index in [1.807, 2.05) is 18.2 Å². The average molecular weight is 360 g/mol. The van der Waals surface area contributed by atoms with E-state index in [9.17, 15) is 9.59 Å². The molecule has 6 heteroatoms. The molecule has 0 saturated carbocycles. The fourth-order valence-corrected chi connectivity index (χ4v) is 2.48. The molecule has 0 saturated heterocycles. The first-order chi connectivity index (χ1) is 12.0. The van der Waals surface area contributed by atoms with Crippen LogP contribution in [0.4, 0.5) is 0 Å². The van der Waals surface area contributed by atoms with Crippen LogP contribution in [0, 0.1) is 0 Å². The molecule has 0 aliphatic carbocycles. The molecule has 1 N–H and O–H groups in total. The van der Waals surface area contributed by atoms with Crippen molar-refractivity contribution in [2.45, 2.75) is 26.3 Å². The molecular weight excluding hydrogens is 338 g/mol. The second-order valence-corrected chi connectivity index (χ2v) is 6.17. The molecule has 25 heavy (non-hydrogen) atoms. The fraction of sp³-hybridized carbons (Fsp3) is 0.316. The number of rotatable bonds is 7. The topological polar surface area (TPSA) is 62.3 Å². The van der Waals surface area contributed by atoms with Crippen molar-refractivity contribution in [3.63, 3.8) is 0 Å². The van der Waals surface area contributed by atoms with Crippen LogP contribution in [0.2, 0.25) is 5.02 Å². The minimum absolute atomic E-state index is 0.186. The number of nitrogens with zero attached hydrogens (tertiary/aromatic N) is 2. The number of unbranched alkanes of at least 4 members (excludes halogenated alkanes) is 1. The van der Waals surface area contributed by atoms with Gasteiger partial charge >= 0.3 is 0 Å². The lowest BCUT2D eigenvalue weighted by molar-refractivity contribution is 0.0787. The number of benzene rings is 1. The van der Waals surface area contributed by atoms with E-state index in [0.717, 1.165) is 18.4 Å². The summed E-state index contributed by atoms with van der Waals surface area (Å²) in [7, 11) is 1.74. The third kappa shape index (κ3) is 5.29. The molecular formula is C19H22ClN3O2. The highest BCUT2D eigenvalue weighted by Gasteiger charge is 2.15. The molecule has 0 radical (unpaired) electrons. The van der Waals surface area contributed by atoms with Gasteiger partial charge in [-0.3, -0.25) is 9.59 Å². The van der Waals surface area contributed by atoms with Crippen LogP contribution < -0.4 is 5.32 Å². The summed E-state index contributed by atoms with van der Waals surface area (Å²) in [5.41, 5.74) is 1.30. The molecule has 1 aromatic carbocycles. The molecule has 0 fully saturated rings. The molecule has 0 atom stereocenters. The first-order valence-electron chi connectivity index (χ1n) is 8.27. The summed E-state index contributed by atoms with van der Waals surface area (Å²) in [6.07, 6.45) is 1.94. The Balaban J connectivity index is 2.03. The Morgan fingerprint density at radius 3 is 2.56 bits per heavy atom. The van der Waals surface area contributed by atoms with Gasteiger partial charge in [-0.25, -0.2) is 4.98 Å². The Bertz CT molecular complexity index is 749. The van der Waals surface area contributed by atoms with E-state index in [4.69, 9.17) is 11.6 Å². The van der Waals surface area contributed by atoms with E-state index in [1.54, 1.807) is 36.2 Å². The van der Waals surface area contributed by atoms with Gasteiger partial charge in [0, 0.05) is 25.2 Å².